The van der Waals surface area contributed by atoms with Crippen molar-refractivity contribution in [1.82, 2.24) is 4.90 Å². The second-order valence-corrected chi connectivity index (χ2v) is 4.69. The predicted molar refractivity (Wildman–Crippen MR) is 53.6 cm³/mol. The van der Waals surface area contributed by atoms with Gasteiger partial charge in [0.15, 0.2) is 0 Å². The van der Waals surface area contributed by atoms with Crippen LogP contribution in [0.3, 0.4) is 0 Å². The molecule has 2 rings (SSSR count). The van der Waals surface area contributed by atoms with E-state index in [1.807, 2.05) is 0 Å². The van der Waals surface area contributed by atoms with E-state index in [9.17, 15) is 5.11 Å². The van der Waals surface area contributed by atoms with Crippen LogP contribution in [0.5, 0.6) is 0 Å². The van der Waals surface area contributed by atoms with Crippen LogP contribution in [0.15, 0.2) is 0 Å². The summed E-state index contributed by atoms with van der Waals surface area (Å²) in [6.07, 6.45) is 6.80. The van der Waals surface area contributed by atoms with Crippen molar-refractivity contribution in [2.75, 3.05) is 13.2 Å². The highest BCUT2D eigenvalue weighted by atomic mass is 16.3. The van der Waals surface area contributed by atoms with E-state index in [-0.39, 0.29) is 0 Å². The molecule has 2 aliphatic rings. The van der Waals surface area contributed by atoms with Crippen molar-refractivity contribution in [1.29, 1.82) is 0 Å². The van der Waals surface area contributed by atoms with Gasteiger partial charge in [0.25, 0.3) is 0 Å². The molecule has 2 unspecified atom stereocenters. The van der Waals surface area contributed by atoms with E-state index >= 15 is 0 Å². The Labute approximate surface area is 80.9 Å². The molecule has 1 heterocycles. The fraction of sp³-hybridized carbons (Fsp3) is 1.00. The molecule has 1 N–H and O–H groups in total. The molecule has 2 fully saturated rings. The molecule has 0 amide bonds. The Balaban J connectivity index is 1.97. The van der Waals surface area contributed by atoms with Crippen LogP contribution in [0, 0.1) is 5.92 Å². The lowest BCUT2D eigenvalue weighted by Gasteiger charge is -2.30. The Morgan fingerprint density at radius 2 is 1.92 bits per heavy atom. The van der Waals surface area contributed by atoms with Gasteiger partial charge in [-0.05, 0) is 31.7 Å². The molecule has 0 aromatic heterocycles. The summed E-state index contributed by atoms with van der Waals surface area (Å²) in [6.45, 7) is 3.85. The number of nitrogens with zero attached hydrogens (tertiary/aromatic N) is 1. The van der Waals surface area contributed by atoms with Gasteiger partial charge in [-0.2, -0.15) is 0 Å². The van der Waals surface area contributed by atoms with Crippen molar-refractivity contribution in [2.24, 2.45) is 5.92 Å². The van der Waals surface area contributed by atoms with E-state index in [4.69, 9.17) is 0 Å². The Hall–Kier alpha value is -0.0800. The zero-order valence-corrected chi connectivity index (χ0v) is 8.58. The number of hydrogen-bond acceptors (Lipinski definition) is 2. The highest BCUT2D eigenvalue weighted by Crippen LogP contribution is 2.32. The second-order valence-electron chi connectivity index (χ2n) is 4.69. The summed E-state index contributed by atoms with van der Waals surface area (Å²) >= 11 is 0. The van der Waals surface area contributed by atoms with Gasteiger partial charge in [-0.25, -0.2) is 0 Å². The first kappa shape index (κ1) is 9.47. The van der Waals surface area contributed by atoms with Gasteiger partial charge in [-0.3, -0.25) is 4.90 Å². The van der Waals surface area contributed by atoms with Crippen molar-refractivity contribution in [2.45, 2.75) is 51.1 Å². The zero-order chi connectivity index (χ0) is 9.26. The molecule has 0 aromatic rings. The maximum Gasteiger partial charge on any atom is 0.0589 e. The van der Waals surface area contributed by atoms with Crippen LogP contribution in [0.4, 0.5) is 0 Å². The lowest BCUT2D eigenvalue weighted by Crippen LogP contribution is -2.41. The number of rotatable bonds is 2. The van der Waals surface area contributed by atoms with Gasteiger partial charge < -0.3 is 5.11 Å². The quantitative estimate of drug-likeness (QED) is 0.703. The summed E-state index contributed by atoms with van der Waals surface area (Å²) in [5, 5.41) is 9.33. The number of likely N-dealkylation sites (tertiary alicyclic amines) is 1. The summed E-state index contributed by atoms with van der Waals surface area (Å²) < 4.78 is 0. The highest BCUT2D eigenvalue weighted by Gasteiger charge is 2.35. The molecule has 76 valence electrons. The van der Waals surface area contributed by atoms with E-state index in [0.29, 0.717) is 18.6 Å². The summed E-state index contributed by atoms with van der Waals surface area (Å²) in [6, 6.07) is 1.25. The Morgan fingerprint density at radius 1 is 1.23 bits per heavy atom. The zero-order valence-electron chi connectivity index (χ0n) is 8.58. The standard InChI is InChI=1S/C11H21NO/c1-9-6-7-12(11(9)8-13)10-4-2-3-5-10/h9-11,13H,2-8H2,1H3. The SMILES string of the molecule is CC1CCN(C2CCCC2)C1CO. The van der Waals surface area contributed by atoms with Gasteiger partial charge in [-0.15, -0.1) is 0 Å². The molecule has 1 saturated heterocycles. The first-order valence-corrected chi connectivity index (χ1v) is 5.69. The summed E-state index contributed by atoms with van der Waals surface area (Å²) in [7, 11) is 0. The van der Waals surface area contributed by atoms with Gasteiger partial charge in [0, 0.05) is 12.1 Å². The van der Waals surface area contributed by atoms with Crippen LogP contribution in [0.2, 0.25) is 0 Å². The normalized spacial score (nSPS) is 37.4. The van der Waals surface area contributed by atoms with Gasteiger partial charge in [-0.1, -0.05) is 19.8 Å². The van der Waals surface area contributed by atoms with Crippen LogP contribution < -0.4 is 0 Å². The van der Waals surface area contributed by atoms with Crippen molar-refractivity contribution >= 4 is 0 Å². The maximum atomic E-state index is 9.33. The molecule has 1 saturated carbocycles. The molecule has 2 nitrogen and oxygen atoms in total. The first-order chi connectivity index (χ1) is 6.33. The van der Waals surface area contributed by atoms with E-state index in [1.54, 1.807) is 0 Å². The third kappa shape index (κ3) is 1.75. The van der Waals surface area contributed by atoms with Crippen LogP contribution >= 0.6 is 0 Å². The third-order valence-electron chi connectivity index (χ3n) is 3.91. The van der Waals surface area contributed by atoms with E-state index in [1.165, 1.54) is 38.6 Å². The maximum absolute atomic E-state index is 9.33. The van der Waals surface area contributed by atoms with E-state index < -0.39 is 0 Å². The van der Waals surface area contributed by atoms with E-state index in [0.717, 1.165) is 6.04 Å². The second kappa shape index (κ2) is 3.97. The minimum absolute atomic E-state index is 0.359. The highest BCUT2D eigenvalue weighted by molar-refractivity contribution is 4.90. The molecular weight excluding hydrogens is 162 g/mol. The monoisotopic (exact) mass is 183 g/mol. The van der Waals surface area contributed by atoms with Crippen molar-refractivity contribution in [3.8, 4) is 0 Å². The van der Waals surface area contributed by atoms with Crippen LogP contribution in [-0.4, -0.2) is 35.2 Å². The van der Waals surface area contributed by atoms with Crippen molar-refractivity contribution in [3.05, 3.63) is 0 Å². The Bertz CT molecular complexity index is 165. The third-order valence-corrected chi connectivity index (χ3v) is 3.91. The van der Waals surface area contributed by atoms with Crippen LogP contribution in [-0.2, 0) is 0 Å². The molecule has 0 bridgehead atoms. The fourth-order valence-corrected chi connectivity index (χ4v) is 3.01. The van der Waals surface area contributed by atoms with Gasteiger partial charge in [0.05, 0.1) is 6.61 Å². The van der Waals surface area contributed by atoms with Gasteiger partial charge in [0.1, 0.15) is 0 Å². The molecule has 1 aliphatic heterocycles. The number of hydrogen-bond donors (Lipinski definition) is 1. The predicted octanol–water partition coefficient (Wildman–Crippen LogP) is 1.63. The molecule has 2 atom stereocenters. The topological polar surface area (TPSA) is 23.5 Å². The van der Waals surface area contributed by atoms with Gasteiger partial charge >= 0.3 is 0 Å². The van der Waals surface area contributed by atoms with Crippen molar-refractivity contribution in [3.63, 3.8) is 0 Å². The fourth-order valence-electron chi connectivity index (χ4n) is 3.01. The molecule has 0 spiro atoms. The molecule has 13 heavy (non-hydrogen) atoms. The summed E-state index contributed by atoms with van der Waals surface area (Å²) in [5.41, 5.74) is 0. The largest absolute Gasteiger partial charge is 0.395 e. The molecule has 0 radical (unpaired) electrons. The number of aliphatic hydroxyl groups excluding tert-OH is 1. The molecule has 1 aliphatic carbocycles. The summed E-state index contributed by atoms with van der Waals surface area (Å²) in [4.78, 5) is 2.57. The van der Waals surface area contributed by atoms with Crippen molar-refractivity contribution < 1.29 is 5.11 Å². The lowest BCUT2D eigenvalue weighted by molar-refractivity contribution is 0.104. The Morgan fingerprint density at radius 3 is 2.54 bits per heavy atom. The minimum atomic E-state index is 0.359. The first-order valence-electron chi connectivity index (χ1n) is 5.69. The Kier molecular flexibility index (Phi) is 2.89. The smallest absolute Gasteiger partial charge is 0.0589 e. The summed E-state index contributed by atoms with van der Waals surface area (Å²) in [5.74, 6) is 0.700. The minimum Gasteiger partial charge on any atom is -0.395 e. The van der Waals surface area contributed by atoms with Crippen LogP contribution in [0.25, 0.3) is 0 Å². The van der Waals surface area contributed by atoms with E-state index in [2.05, 4.69) is 11.8 Å². The average molecular weight is 183 g/mol. The molecule has 2 heteroatoms. The molecule has 0 aromatic carbocycles. The van der Waals surface area contributed by atoms with Gasteiger partial charge in [0.2, 0.25) is 0 Å². The van der Waals surface area contributed by atoms with Crippen LogP contribution in [0.1, 0.15) is 39.0 Å². The molecular formula is C11H21NO. The number of aliphatic hydroxyl groups is 1. The lowest BCUT2D eigenvalue weighted by atomic mass is 10.0. The average Bonchev–Trinajstić information content (AvgIpc) is 2.71.